The minimum atomic E-state index is 0.390. The molecule has 0 bridgehead atoms. The van der Waals surface area contributed by atoms with Gasteiger partial charge in [0, 0.05) is 24.8 Å². The Hall–Kier alpha value is -1.22. The normalized spacial score (nSPS) is 19.9. The van der Waals surface area contributed by atoms with Crippen molar-refractivity contribution in [1.82, 2.24) is 0 Å². The van der Waals surface area contributed by atoms with Crippen molar-refractivity contribution >= 4 is 5.69 Å². The van der Waals surface area contributed by atoms with E-state index < -0.39 is 0 Å². The van der Waals surface area contributed by atoms with Gasteiger partial charge in [-0.25, -0.2) is 0 Å². The number of aryl methyl sites for hydroxylation is 1. The lowest BCUT2D eigenvalue weighted by molar-refractivity contribution is 0.0902. The Morgan fingerprint density at radius 1 is 1.50 bits per heavy atom. The van der Waals surface area contributed by atoms with E-state index in [-0.39, 0.29) is 0 Å². The molecule has 1 aliphatic heterocycles. The molecule has 1 saturated heterocycles. The zero-order valence-electron chi connectivity index (χ0n) is 9.74. The van der Waals surface area contributed by atoms with Gasteiger partial charge in [-0.2, -0.15) is 0 Å². The van der Waals surface area contributed by atoms with Gasteiger partial charge in [-0.05, 0) is 31.4 Å². The predicted molar refractivity (Wildman–Crippen MR) is 64.7 cm³/mol. The molecule has 0 radical (unpaired) electrons. The topological polar surface area (TPSA) is 44.5 Å². The van der Waals surface area contributed by atoms with Gasteiger partial charge in [-0.3, -0.25) is 0 Å². The standard InChI is InChI=1S/C13H19NO2/c1-10-4-5-11(14)9-13(10)16-8-6-12-3-2-7-15-12/h4-5,9,12H,2-3,6-8,14H2,1H3. The number of benzene rings is 1. The van der Waals surface area contributed by atoms with E-state index in [1.165, 1.54) is 12.8 Å². The van der Waals surface area contributed by atoms with Gasteiger partial charge in [0.05, 0.1) is 12.7 Å². The first-order chi connectivity index (χ1) is 7.75. The van der Waals surface area contributed by atoms with Crippen LogP contribution in [-0.2, 0) is 4.74 Å². The van der Waals surface area contributed by atoms with Crippen molar-refractivity contribution in [1.29, 1.82) is 0 Å². The maximum absolute atomic E-state index is 5.72. The third-order valence-electron chi connectivity index (χ3n) is 2.93. The van der Waals surface area contributed by atoms with Crippen molar-refractivity contribution in [3.05, 3.63) is 23.8 Å². The van der Waals surface area contributed by atoms with Gasteiger partial charge in [0.25, 0.3) is 0 Å². The highest BCUT2D eigenvalue weighted by molar-refractivity contribution is 5.47. The van der Waals surface area contributed by atoms with Crippen molar-refractivity contribution in [2.45, 2.75) is 32.3 Å². The molecule has 1 fully saturated rings. The molecule has 3 nitrogen and oxygen atoms in total. The number of ether oxygens (including phenoxy) is 2. The van der Waals surface area contributed by atoms with E-state index in [1.54, 1.807) is 0 Å². The smallest absolute Gasteiger partial charge is 0.124 e. The van der Waals surface area contributed by atoms with Crippen LogP contribution in [0.1, 0.15) is 24.8 Å². The van der Waals surface area contributed by atoms with Crippen LogP contribution in [0.25, 0.3) is 0 Å². The van der Waals surface area contributed by atoms with Crippen LogP contribution < -0.4 is 10.5 Å². The molecule has 0 saturated carbocycles. The summed E-state index contributed by atoms with van der Waals surface area (Å²) in [5.74, 6) is 0.887. The molecule has 1 atom stereocenters. The number of nitrogens with two attached hydrogens (primary N) is 1. The summed E-state index contributed by atoms with van der Waals surface area (Å²) in [4.78, 5) is 0. The van der Waals surface area contributed by atoms with Crippen molar-refractivity contribution in [3.8, 4) is 5.75 Å². The Bertz CT molecular complexity index is 346. The van der Waals surface area contributed by atoms with Crippen molar-refractivity contribution in [3.63, 3.8) is 0 Å². The highest BCUT2D eigenvalue weighted by Crippen LogP contribution is 2.22. The molecule has 0 amide bonds. The Labute approximate surface area is 96.5 Å². The molecule has 0 aliphatic carbocycles. The third-order valence-corrected chi connectivity index (χ3v) is 2.93. The van der Waals surface area contributed by atoms with Gasteiger partial charge in [0.1, 0.15) is 5.75 Å². The summed E-state index contributed by atoms with van der Waals surface area (Å²) in [6, 6.07) is 5.75. The molecular weight excluding hydrogens is 202 g/mol. The van der Waals surface area contributed by atoms with Crippen molar-refractivity contribution in [2.75, 3.05) is 18.9 Å². The van der Waals surface area contributed by atoms with Crippen LogP contribution in [0.15, 0.2) is 18.2 Å². The number of hydrogen-bond donors (Lipinski definition) is 1. The second-order valence-corrected chi connectivity index (χ2v) is 4.30. The van der Waals surface area contributed by atoms with Gasteiger partial charge >= 0.3 is 0 Å². The summed E-state index contributed by atoms with van der Waals surface area (Å²) in [5.41, 5.74) is 7.59. The molecule has 0 spiro atoms. The second kappa shape index (κ2) is 5.21. The van der Waals surface area contributed by atoms with Crippen LogP contribution in [0.2, 0.25) is 0 Å². The Kier molecular flexibility index (Phi) is 3.67. The van der Waals surface area contributed by atoms with Gasteiger partial charge < -0.3 is 15.2 Å². The fourth-order valence-corrected chi connectivity index (χ4v) is 1.94. The molecule has 0 aromatic heterocycles. The first kappa shape index (κ1) is 11.3. The third kappa shape index (κ3) is 2.89. The highest BCUT2D eigenvalue weighted by atomic mass is 16.5. The zero-order chi connectivity index (χ0) is 11.4. The van der Waals surface area contributed by atoms with E-state index in [0.717, 1.165) is 30.0 Å². The van der Waals surface area contributed by atoms with Gasteiger partial charge in [-0.1, -0.05) is 6.07 Å². The summed E-state index contributed by atoms with van der Waals surface area (Å²) in [6.45, 7) is 3.64. The molecule has 1 aliphatic rings. The summed E-state index contributed by atoms with van der Waals surface area (Å²) in [6.07, 6.45) is 3.71. The molecule has 16 heavy (non-hydrogen) atoms. The number of hydrogen-bond acceptors (Lipinski definition) is 3. The fourth-order valence-electron chi connectivity index (χ4n) is 1.94. The van der Waals surface area contributed by atoms with Gasteiger partial charge in [0.15, 0.2) is 0 Å². The Balaban J connectivity index is 1.82. The number of anilines is 1. The Morgan fingerprint density at radius 2 is 2.38 bits per heavy atom. The van der Waals surface area contributed by atoms with E-state index in [1.807, 2.05) is 25.1 Å². The van der Waals surface area contributed by atoms with E-state index in [9.17, 15) is 0 Å². The molecular formula is C13H19NO2. The molecule has 2 N–H and O–H groups in total. The summed E-state index contributed by atoms with van der Waals surface area (Å²) < 4.78 is 11.3. The predicted octanol–water partition coefficient (Wildman–Crippen LogP) is 2.53. The Morgan fingerprint density at radius 3 is 3.12 bits per heavy atom. The average Bonchev–Trinajstić information content (AvgIpc) is 2.76. The van der Waals surface area contributed by atoms with Gasteiger partial charge in [-0.15, -0.1) is 0 Å². The molecule has 1 unspecified atom stereocenters. The minimum absolute atomic E-state index is 0.390. The second-order valence-electron chi connectivity index (χ2n) is 4.30. The van der Waals surface area contributed by atoms with Crippen molar-refractivity contribution < 1.29 is 9.47 Å². The van der Waals surface area contributed by atoms with E-state index >= 15 is 0 Å². The molecule has 1 aromatic carbocycles. The molecule has 1 heterocycles. The molecule has 1 aromatic rings. The largest absolute Gasteiger partial charge is 0.493 e. The summed E-state index contributed by atoms with van der Waals surface area (Å²) >= 11 is 0. The van der Waals surface area contributed by atoms with E-state index in [2.05, 4.69) is 0 Å². The van der Waals surface area contributed by atoms with Gasteiger partial charge in [0.2, 0.25) is 0 Å². The quantitative estimate of drug-likeness (QED) is 0.794. The molecule has 3 heteroatoms. The van der Waals surface area contributed by atoms with Crippen LogP contribution in [0.3, 0.4) is 0 Å². The molecule has 88 valence electrons. The van der Waals surface area contributed by atoms with Crippen LogP contribution in [0, 0.1) is 6.92 Å². The lowest BCUT2D eigenvalue weighted by Gasteiger charge is -2.12. The summed E-state index contributed by atoms with van der Waals surface area (Å²) in [5, 5.41) is 0. The van der Waals surface area contributed by atoms with Crippen LogP contribution in [0.5, 0.6) is 5.75 Å². The monoisotopic (exact) mass is 221 g/mol. The van der Waals surface area contributed by atoms with E-state index in [0.29, 0.717) is 12.7 Å². The first-order valence-electron chi connectivity index (χ1n) is 5.86. The lowest BCUT2D eigenvalue weighted by atomic mass is 10.2. The van der Waals surface area contributed by atoms with Crippen LogP contribution in [0.4, 0.5) is 5.69 Å². The fraction of sp³-hybridized carbons (Fsp3) is 0.538. The summed E-state index contributed by atoms with van der Waals surface area (Å²) in [7, 11) is 0. The number of rotatable bonds is 4. The van der Waals surface area contributed by atoms with Crippen LogP contribution in [-0.4, -0.2) is 19.3 Å². The highest BCUT2D eigenvalue weighted by Gasteiger charge is 2.15. The molecule has 2 rings (SSSR count). The average molecular weight is 221 g/mol. The van der Waals surface area contributed by atoms with E-state index in [4.69, 9.17) is 15.2 Å². The zero-order valence-corrected chi connectivity index (χ0v) is 9.74. The number of nitrogen functional groups attached to an aromatic ring is 1. The minimum Gasteiger partial charge on any atom is -0.493 e. The first-order valence-corrected chi connectivity index (χ1v) is 5.86. The maximum Gasteiger partial charge on any atom is 0.124 e. The maximum atomic E-state index is 5.72. The lowest BCUT2D eigenvalue weighted by Crippen LogP contribution is -2.11. The van der Waals surface area contributed by atoms with Crippen molar-refractivity contribution in [2.24, 2.45) is 0 Å². The van der Waals surface area contributed by atoms with Crippen LogP contribution >= 0.6 is 0 Å². The SMILES string of the molecule is Cc1ccc(N)cc1OCCC1CCCO1.